The molecule has 1 aromatic rings. The lowest BCUT2D eigenvalue weighted by Gasteiger charge is -2.35. The highest BCUT2D eigenvalue weighted by molar-refractivity contribution is 8.05. The van der Waals surface area contributed by atoms with Crippen molar-refractivity contribution in [2.75, 3.05) is 0 Å². The Labute approximate surface area is 159 Å². The highest BCUT2D eigenvalue weighted by Gasteiger charge is 2.72. The Morgan fingerprint density at radius 3 is 1.93 bits per heavy atom. The fraction of sp³-hybridized carbons (Fsp3) is 0.286. The zero-order chi connectivity index (χ0) is 21.4. The van der Waals surface area contributed by atoms with E-state index in [4.69, 9.17) is 0 Å². The molecule has 0 aliphatic heterocycles. The molecule has 2 rings (SSSR count). The van der Waals surface area contributed by atoms with Crippen LogP contribution in [0, 0.1) is 26.1 Å². The van der Waals surface area contributed by atoms with E-state index in [1.54, 1.807) is 30.3 Å². The van der Waals surface area contributed by atoms with Gasteiger partial charge >= 0.3 is 5.66 Å². The first-order valence-corrected chi connectivity index (χ1v) is 10.3. The molecule has 1 aliphatic carbocycles. The quantitative estimate of drug-likeness (QED) is 0.214. The van der Waals surface area contributed by atoms with Crippen LogP contribution in [0.3, 0.4) is 0 Å². The van der Waals surface area contributed by atoms with Crippen LogP contribution in [0.25, 0.3) is 6.08 Å². The van der Waals surface area contributed by atoms with Gasteiger partial charge in [0.05, 0.1) is 6.08 Å². The summed E-state index contributed by atoms with van der Waals surface area (Å²) in [4.78, 5) is 19.6. The Bertz CT molecular complexity index is 1010. The van der Waals surface area contributed by atoms with E-state index in [0.717, 1.165) is 6.08 Å². The van der Waals surface area contributed by atoms with E-state index in [0.29, 0.717) is 17.7 Å². The molecule has 0 aromatic heterocycles. The second kappa shape index (κ2) is 7.05. The van der Waals surface area contributed by atoms with E-state index in [1.807, 2.05) is 0 Å². The summed E-state index contributed by atoms with van der Waals surface area (Å²) in [6.07, 6.45) is 1.39. The van der Waals surface area contributed by atoms with Gasteiger partial charge in [0.15, 0.2) is 0 Å². The summed E-state index contributed by atoms with van der Waals surface area (Å²) in [5.41, 5.74) is -2.92. The standard InChI is InChI=1S/C14H14N2O10S2/c17-15(18)13(16(19)20)9-8-12(7-6-11-4-2-1-3-5-11)14(10-13,27(21,22)23)28(24,25)26/h1-9,12H,10H2,(H,21,22,23)(H,24,25,26)/b7-6-/t12-/m0/s1. The third-order valence-corrected chi connectivity index (χ3v) is 8.23. The van der Waals surface area contributed by atoms with Crippen molar-refractivity contribution in [1.82, 2.24) is 0 Å². The highest BCUT2D eigenvalue weighted by atomic mass is 32.3. The van der Waals surface area contributed by atoms with Crippen LogP contribution in [0.4, 0.5) is 0 Å². The van der Waals surface area contributed by atoms with Crippen LogP contribution in [0.2, 0.25) is 0 Å². The average molecular weight is 434 g/mol. The number of benzene rings is 1. The van der Waals surface area contributed by atoms with Gasteiger partial charge in [-0.05, 0) is 5.56 Å². The number of allylic oxidation sites excluding steroid dienone is 2. The van der Waals surface area contributed by atoms with Gasteiger partial charge in [-0.15, -0.1) is 0 Å². The number of nitrogens with zero attached hydrogens (tertiary/aromatic N) is 2. The van der Waals surface area contributed by atoms with Crippen LogP contribution in [-0.2, 0) is 20.2 Å². The average Bonchev–Trinajstić information content (AvgIpc) is 2.58. The summed E-state index contributed by atoms with van der Waals surface area (Å²) >= 11 is 0. The molecule has 0 radical (unpaired) electrons. The number of hydrogen-bond acceptors (Lipinski definition) is 8. The largest absolute Gasteiger partial charge is 0.480 e. The molecule has 0 saturated heterocycles. The van der Waals surface area contributed by atoms with Gasteiger partial charge in [0.25, 0.3) is 20.2 Å². The smallest absolute Gasteiger partial charge is 0.284 e. The number of nitro groups is 2. The highest BCUT2D eigenvalue weighted by Crippen LogP contribution is 2.46. The number of hydrogen-bond donors (Lipinski definition) is 2. The van der Waals surface area contributed by atoms with E-state index >= 15 is 0 Å². The molecule has 1 aliphatic rings. The van der Waals surface area contributed by atoms with E-state index in [-0.39, 0.29) is 0 Å². The minimum absolute atomic E-state index is 0.432. The monoisotopic (exact) mass is 434 g/mol. The minimum Gasteiger partial charge on any atom is -0.284 e. The van der Waals surface area contributed by atoms with Gasteiger partial charge in [0, 0.05) is 5.92 Å². The van der Waals surface area contributed by atoms with Gasteiger partial charge in [-0.1, -0.05) is 48.6 Å². The van der Waals surface area contributed by atoms with E-state index < -0.39 is 52.2 Å². The maximum absolute atomic E-state index is 12.0. The lowest BCUT2D eigenvalue weighted by molar-refractivity contribution is -0.782. The molecule has 0 heterocycles. The van der Waals surface area contributed by atoms with Crippen LogP contribution in [0.15, 0.2) is 48.6 Å². The second-order valence-corrected chi connectivity index (χ2v) is 9.60. The Balaban J connectivity index is 2.79. The van der Waals surface area contributed by atoms with Crippen molar-refractivity contribution >= 4 is 26.3 Å². The molecule has 1 aromatic carbocycles. The molecule has 14 heteroatoms. The lowest BCUT2D eigenvalue weighted by Crippen LogP contribution is -2.61. The summed E-state index contributed by atoms with van der Waals surface area (Å²) in [6.45, 7) is 0. The molecule has 0 bridgehead atoms. The SMILES string of the molecule is O=[N+]([O-])C1([N+](=O)[O-])C=C[C@H](/C=C\c2ccccc2)C(S(=O)(=O)O)(S(=O)(=O)O)C1. The summed E-state index contributed by atoms with van der Waals surface area (Å²) in [6, 6.07) is 8.01. The van der Waals surface area contributed by atoms with Crippen molar-refractivity contribution in [1.29, 1.82) is 0 Å². The topological polar surface area (TPSA) is 195 Å². The van der Waals surface area contributed by atoms with Crippen molar-refractivity contribution in [3.05, 3.63) is 74.4 Å². The van der Waals surface area contributed by atoms with Gasteiger partial charge < -0.3 is 0 Å². The first-order chi connectivity index (χ1) is 12.8. The molecule has 0 unspecified atom stereocenters. The summed E-state index contributed by atoms with van der Waals surface area (Å²) < 4.78 is 63.6. The van der Waals surface area contributed by atoms with E-state index in [2.05, 4.69) is 0 Å². The van der Waals surface area contributed by atoms with Crippen molar-refractivity contribution in [3.8, 4) is 0 Å². The number of rotatable bonds is 6. The Kier molecular flexibility index (Phi) is 5.44. The zero-order valence-corrected chi connectivity index (χ0v) is 15.5. The molecular formula is C14H14N2O10S2. The lowest BCUT2D eigenvalue weighted by atomic mass is 9.87. The third-order valence-electron chi connectivity index (χ3n) is 4.39. The Morgan fingerprint density at radius 1 is 1.00 bits per heavy atom. The molecule has 12 nitrogen and oxygen atoms in total. The predicted molar refractivity (Wildman–Crippen MR) is 95.3 cm³/mol. The molecule has 0 saturated carbocycles. The van der Waals surface area contributed by atoms with Gasteiger partial charge in [0.1, 0.15) is 16.3 Å². The molecule has 0 amide bonds. The van der Waals surface area contributed by atoms with Gasteiger partial charge in [-0.3, -0.25) is 29.3 Å². The Morgan fingerprint density at radius 2 is 1.50 bits per heavy atom. The molecule has 0 fully saturated rings. The second-order valence-electron chi connectivity index (χ2n) is 5.99. The molecular weight excluding hydrogens is 420 g/mol. The first-order valence-electron chi connectivity index (χ1n) is 7.43. The van der Waals surface area contributed by atoms with Gasteiger partial charge in [0.2, 0.25) is 4.08 Å². The van der Waals surface area contributed by atoms with Crippen molar-refractivity contribution in [2.24, 2.45) is 5.92 Å². The summed E-state index contributed by atoms with van der Waals surface area (Å²) in [5.74, 6) is -1.86. The van der Waals surface area contributed by atoms with Gasteiger partial charge in [-0.2, -0.15) is 16.8 Å². The third kappa shape index (κ3) is 3.42. The maximum atomic E-state index is 12.0. The fourth-order valence-electron chi connectivity index (χ4n) is 2.91. The van der Waals surface area contributed by atoms with Gasteiger partial charge in [-0.25, -0.2) is 0 Å². The summed E-state index contributed by atoms with van der Waals surface area (Å²) in [7, 11) is -11.6. The summed E-state index contributed by atoms with van der Waals surface area (Å²) in [5, 5.41) is 22.6. The van der Waals surface area contributed by atoms with E-state index in [1.165, 1.54) is 6.08 Å². The molecule has 152 valence electrons. The van der Waals surface area contributed by atoms with Crippen molar-refractivity contribution in [2.45, 2.75) is 16.2 Å². The van der Waals surface area contributed by atoms with Crippen molar-refractivity contribution in [3.63, 3.8) is 0 Å². The normalized spacial score (nSPS) is 21.4. The van der Waals surface area contributed by atoms with Crippen LogP contribution in [0.1, 0.15) is 12.0 Å². The van der Waals surface area contributed by atoms with Crippen LogP contribution in [-0.4, -0.2) is 45.5 Å². The van der Waals surface area contributed by atoms with Crippen LogP contribution in [0.5, 0.6) is 0 Å². The van der Waals surface area contributed by atoms with E-state index in [9.17, 15) is 46.2 Å². The van der Waals surface area contributed by atoms with Crippen molar-refractivity contribution < 1.29 is 35.8 Å². The zero-order valence-electron chi connectivity index (χ0n) is 13.9. The molecule has 2 N–H and O–H groups in total. The molecule has 28 heavy (non-hydrogen) atoms. The fourth-order valence-corrected chi connectivity index (χ4v) is 5.77. The predicted octanol–water partition coefficient (Wildman–Crippen LogP) is 0.997. The Hall–Kier alpha value is -2.68. The van der Waals surface area contributed by atoms with Crippen LogP contribution >= 0.6 is 0 Å². The first kappa shape index (κ1) is 21.6. The molecule has 0 spiro atoms. The maximum Gasteiger partial charge on any atom is 0.480 e. The minimum atomic E-state index is -5.79. The molecule has 1 atom stereocenters. The van der Waals surface area contributed by atoms with Crippen LogP contribution < -0.4 is 0 Å².